The first-order chi connectivity index (χ1) is 10.4. The molecule has 0 aromatic carbocycles. The molecule has 0 spiro atoms. The number of unbranched alkanes of at least 4 members (excludes halogenated alkanes) is 7. The molecule has 4 heteroatoms. The molecule has 0 saturated carbocycles. The van der Waals surface area contributed by atoms with Gasteiger partial charge in [-0.2, -0.15) is 0 Å². The third-order valence-corrected chi connectivity index (χ3v) is 3.82. The molecular formula is C17H33N3O. The lowest BCUT2D eigenvalue weighted by Crippen LogP contribution is -2.21. The van der Waals surface area contributed by atoms with Crippen LogP contribution in [0.4, 0.5) is 0 Å². The summed E-state index contributed by atoms with van der Waals surface area (Å²) in [6.07, 6.45) is 14.9. The number of hydrogen-bond donors (Lipinski definition) is 1. The van der Waals surface area contributed by atoms with Crippen LogP contribution in [0.1, 0.15) is 64.1 Å². The minimum atomic E-state index is 0.749. The topological polar surface area (TPSA) is 39.1 Å². The van der Waals surface area contributed by atoms with Gasteiger partial charge in [-0.3, -0.25) is 0 Å². The van der Waals surface area contributed by atoms with Gasteiger partial charge in [0, 0.05) is 32.6 Å². The molecule has 1 N–H and O–H groups in total. The maximum absolute atomic E-state index is 5.03. The van der Waals surface area contributed by atoms with Crippen molar-refractivity contribution in [1.29, 1.82) is 0 Å². The van der Waals surface area contributed by atoms with E-state index in [1.165, 1.54) is 51.4 Å². The van der Waals surface area contributed by atoms with E-state index < -0.39 is 0 Å². The van der Waals surface area contributed by atoms with Gasteiger partial charge in [0.25, 0.3) is 0 Å². The Balaban J connectivity index is 2.05. The number of aryl methyl sites for hydroxylation is 1. The molecule has 0 fully saturated rings. The summed E-state index contributed by atoms with van der Waals surface area (Å²) >= 11 is 0. The highest BCUT2D eigenvalue weighted by atomic mass is 16.5. The SMILES string of the molecule is CCCCCCCCCCn1ccnc1CNCCOC. The zero-order chi connectivity index (χ0) is 15.2. The number of hydrogen-bond acceptors (Lipinski definition) is 3. The lowest BCUT2D eigenvalue weighted by atomic mass is 10.1. The fraction of sp³-hybridized carbons (Fsp3) is 0.824. The normalized spacial score (nSPS) is 11.1. The highest BCUT2D eigenvalue weighted by molar-refractivity contribution is 4.91. The molecule has 0 amide bonds. The van der Waals surface area contributed by atoms with Crippen LogP contribution < -0.4 is 5.32 Å². The van der Waals surface area contributed by atoms with Crippen LogP contribution in [-0.2, 0) is 17.8 Å². The first-order valence-electron chi connectivity index (χ1n) is 8.58. The smallest absolute Gasteiger partial charge is 0.122 e. The summed E-state index contributed by atoms with van der Waals surface area (Å²) in [5.41, 5.74) is 0. The van der Waals surface area contributed by atoms with E-state index in [2.05, 4.69) is 28.0 Å². The van der Waals surface area contributed by atoms with Gasteiger partial charge in [0.2, 0.25) is 0 Å². The van der Waals surface area contributed by atoms with Gasteiger partial charge in [0.05, 0.1) is 13.2 Å². The van der Waals surface area contributed by atoms with E-state index in [4.69, 9.17) is 4.74 Å². The van der Waals surface area contributed by atoms with Crippen LogP contribution in [0.3, 0.4) is 0 Å². The van der Waals surface area contributed by atoms with E-state index in [1.807, 2.05) is 6.20 Å². The number of nitrogens with one attached hydrogen (secondary N) is 1. The molecule has 1 aromatic rings. The molecule has 1 rings (SSSR count). The second kappa shape index (κ2) is 12.8. The Morgan fingerprint density at radius 3 is 2.52 bits per heavy atom. The number of ether oxygens (including phenoxy) is 1. The summed E-state index contributed by atoms with van der Waals surface area (Å²) in [6.45, 7) is 5.82. The Bertz CT molecular complexity index is 339. The van der Waals surface area contributed by atoms with Gasteiger partial charge >= 0.3 is 0 Å². The second-order valence-corrected chi connectivity index (χ2v) is 5.68. The minimum Gasteiger partial charge on any atom is -0.383 e. The van der Waals surface area contributed by atoms with Crippen LogP contribution in [0.15, 0.2) is 12.4 Å². The van der Waals surface area contributed by atoms with Crippen molar-refractivity contribution < 1.29 is 4.74 Å². The van der Waals surface area contributed by atoms with Crippen LogP contribution >= 0.6 is 0 Å². The third kappa shape index (κ3) is 8.89. The zero-order valence-electron chi connectivity index (χ0n) is 13.9. The van der Waals surface area contributed by atoms with Crippen LogP contribution in [0.25, 0.3) is 0 Å². The molecule has 122 valence electrons. The summed E-state index contributed by atoms with van der Waals surface area (Å²) in [6, 6.07) is 0. The summed E-state index contributed by atoms with van der Waals surface area (Å²) in [4.78, 5) is 4.42. The van der Waals surface area contributed by atoms with E-state index in [0.717, 1.165) is 32.1 Å². The summed E-state index contributed by atoms with van der Waals surface area (Å²) in [5.74, 6) is 1.13. The van der Waals surface area contributed by atoms with Gasteiger partial charge in [0.15, 0.2) is 0 Å². The Morgan fingerprint density at radius 2 is 1.81 bits per heavy atom. The van der Waals surface area contributed by atoms with Crippen molar-refractivity contribution in [2.24, 2.45) is 0 Å². The Labute approximate surface area is 130 Å². The monoisotopic (exact) mass is 295 g/mol. The van der Waals surface area contributed by atoms with E-state index >= 15 is 0 Å². The molecule has 0 unspecified atom stereocenters. The minimum absolute atomic E-state index is 0.749. The maximum atomic E-state index is 5.03. The van der Waals surface area contributed by atoms with Gasteiger partial charge in [0.1, 0.15) is 5.82 Å². The molecule has 1 heterocycles. The molecule has 1 aromatic heterocycles. The molecule has 0 aliphatic heterocycles. The number of nitrogens with zero attached hydrogens (tertiary/aromatic N) is 2. The van der Waals surface area contributed by atoms with E-state index in [9.17, 15) is 0 Å². The zero-order valence-corrected chi connectivity index (χ0v) is 13.9. The molecule has 0 radical (unpaired) electrons. The molecule has 21 heavy (non-hydrogen) atoms. The molecular weight excluding hydrogens is 262 g/mol. The lowest BCUT2D eigenvalue weighted by Gasteiger charge is -2.09. The van der Waals surface area contributed by atoms with Crippen molar-refractivity contribution in [1.82, 2.24) is 14.9 Å². The second-order valence-electron chi connectivity index (χ2n) is 5.68. The quantitative estimate of drug-likeness (QED) is 0.531. The van der Waals surface area contributed by atoms with E-state index in [-0.39, 0.29) is 0 Å². The summed E-state index contributed by atoms with van der Waals surface area (Å²) in [5, 5.41) is 3.35. The van der Waals surface area contributed by atoms with Gasteiger partial charge in [-0.05, 0) is 6.42 Å². The first kappa shape index (κ1) is 18.2. The van der Waals surface area contributed by atoms with E-state index in [1.54, 1.807) is 7.11 Å². The first-order valence-corrected chi connectivity index (χ1v) is 8.58. The third-order valence-electron chi connectivity index (χ3n) is 3.82. The van der Waals surface area contributed by atoms with Crippen molar-refractivity contribution in [3.8, 4) is 0 Å². The molecule has 4 nitrogen and oxygen atoms in total. The number of rotatable bonds is 14. The van der Waals surface area contributed by atoms with Crippen molar-refractivity contribution in [3.63, 3.8) is 0 Å². The molecule has 0 saturated heterocycles. The average molecular weight is 295 g/mol. The fourth-order valence-electron chi connectivity index (χ4n) is 2.50. The van der Waals surface area contributed by atoms with Crippen LogP contribution in [0.2, 0.25) is 0 Å². The molecule has 0 atom stereocenters. The van der Waals surface area contributed by atoms with Crippen LogP contribution in [-0.4, -0.2) is 29.8 Å². The number of imidazole rings is 1. The largest absolute Gasteiger partial charge is 0.383 e. The summed E-state index contributed by atoms with van der Waals surface area (Å²) < 4.78 is 7.30. The van der Waals surface area contributed by atoms with Gasteiger partial charge in [-0.15, -0.1) is 0 Å². The van der Waals surface area contributed by atoms with Crippen molar-refractivity contribution in [3.05, 3.63) is 18.2 Å². The molecule has 0 bridgehead atoms. The predicted octanol–water partition coefficient (Wildman–Crippen LogP) is 3.76. The lowest BCUT2D eigenvalue weighted by molar-refractivity contribution is 0.199. The van der Waals surface area contributed by atoms with Crippen molar-refractivity contribution in [2.45, 2.75) is 71.4 Å². The van der Waals surface area contributed by atoms with Crippen LogP contribution in [0.5, 0.6) is 0 Å². The Kier molecular flexibility index (Phi) is 11.1. The Hall–Kier alpha value is -0.870. The van der Waals surface area contributed by atoms with Gasteiger partial charge in [-0.1, -0.05) is 51.9 Å². The van der Waals surface area contributed by atoms with Crippen LogP contribution in [0, 0.1) is 0 Å². The molecule has 0 aliphatic carbocycles. The standard InChI is InChI=1S/C17H33N3O/c1-3-4-5-6-7-8-9-10-13-20-14-11-19-17(20)16-18-12-15-21-2/h11,14,18H,3-10,12-13,15-16H2,1-2H3. The number of methoxy groups -OCH3 is 1. The number of aromatic nitrogens is 2. The van der Waals surface area contributed by atoms with E-state index in [0.29, 0.717) is 0 Å². The Morgan fingerprint density at radius 1 is 1.10 bits per heavy atom. The van der Waals surface area contributed by atoms with Crippen molar-refractivity contribution >= 4 is 0 Å². The van der Waals surface area contributed by atoms with Gasteiger partial charge < -0.3 is 14.6 Å². The summed E-state index contributed by atoms with van der Waals surface area (Å²) in [7, 11) is 1.73. The average Bonchev–Trinajstić information content (AvgIpc) is 2.94. The molecule has 0 aliphatic rings. The highest BCUT2D eigenvalue weighted by Crippen LogP contribution is 2.09. The van der Waals surface area contributed by atoms with Gasteiger partial charge in [-0.25, -0.2) is 4.98 Å². The maximum Gasteiger partial charge on any atom is 0.122 e. The fourth-order valence-corrected chi connectivity index (χ4v) is 2.50. The van der Waals surface area contributed by atoms with Crippen molar-refractivity contribution in [2.75, 3.05) is 20.3 Å². The predicted molar refractivity (Wildman–Crippen MR) is 88.4 cm³/mol. The highest BCUT2D eigenvalue weighted by Gasteiger charge is 2.01.